The first kappa shape index (κ1) is 12.5. The molecule has 1 aromatic heterocycles. The summed E-state index contributed by atoms with van der Waals surface area (Å²) in [6.07, 6.45) is 0.808. The fraction of sp³-hybridized carbons (Fsp3) is 0.417. The number of carboxylic acids is 1. The lowest BCUT2D eigenvalue weighted by atomic mass is 10.2. The molecule has 1 aromatic rings. The molecule has 4 nitrogen and oxygen atoms in total. The summed E-state index contributed by atoms with van der Waals surface area (Å²) in [5.41, 5.74) is 1.84. The fourth-order valence-corrected chi connectivity index (χ4v) is 1.20. The molecule has 0 bridgehead atoms. The molecule has 16 heavy (non-hydrogen) atoms. The Hall–Kier alpha value is -1.55. The zero-order valence-corrected chi connectivity index (χ0v) is 9.58. The number of rotatable bonds is 6. The van der Waals surface area contributed by atoms with Crippen LogP contribution in [0.5, 0.6) is 0 Å². The van der Waals surface area contributed by atoms with Crippen LogP contribution in [-0.4, -0.2) is 17.7 Å². The Morgan fingerprint density at radius 2 is 2.31 bits per heavy atom. The SMILES string of the molecule is C=C(C)CCOCc1cc(C(=O)O)oc1C. The van der Waals surface area contributed by atoms with Gasteiger partial charge in [-0.15, -0.1) is 6.58 Å². The van der Waals surface area contributed by atoms with Gasteiger partial charge in [-0.3, -0.25) is 0 Å². The molecule has 88 valence electrons. The van der Waals surface area contributed by atoms with Crippen molar-refractivity contribution in [2.45, 2.75) is 26.9 Å². The van der Waals surface area contributed by atoms with Gasteiger partial charge < -0.3 is 14.3 Å². The number of carbonyl (C=O) groups is 1. The molecule has 1 N–H and O–H groups in total. The molecule has 0 aliphatic carbocycles. The Kier molecular flexibility index (Phi) is 4.31. The average Bonchev–Trinajstić information content (AvgIpc) is 2.55. The predicted molar refractivity (Wildman–Crippen MR) is 59.5 cm³/mol. The highest BCUT2D eigenvalue weighted by Gasteiger charge is 2.12. The molecule has 0 amide bonds. The largest absolute Gasteiger partial charge is 0.475 e. The van der Waals surface area contributed by atoms with Crippen molar-refractivity contribution in [2.75, 3.05) is 6.61 Å². The van der Waals surface area contributed by atoms with E-state index in [0.717, 1.165) is 17.6 Å². The topological polar surface area (TPSA) is 59.7 Å². The van der Waals surface area contributed by atoms with Crippen molar-refractivity contribution in [2.24, 2.45) is 0 Å². The Balaban J connectivity index is 2.47. The molecule has 0 aromatic carbocycles. The highest BCUT2D eigenvalue weighted by molar-refractivity contribution is 5.84. The highest BCUT2D eigenvalue weighted by Crippen LogP contribution is 2.15. The molecule has 4 heteroatoms. The van der Waals surface area contributed by atoms with E-state index in [-0.39, 0.29) is 5.76 Å². The van der Waals surface area contributed by atoms with Crippen LogP contribution in [0.2, 0.25) is 0 Å². The van der Waals surface area contributed by atoms with Crippen LogP contribution in [0.1, 0.15) is 35.2 Å². The summed E-state index contributed by atoms with van der Waals surface area (Å²) < 4.78 is 10.4. The second-order valence-corrected chi connectivity index (χ2v) is 3.76. The van der Waals surface area contributed by atoms with Crippen LogP contribution in [0.4, 0.5) is 0 Å². The molecule has 0 spiro atoms. The van der Waals surface area contributed by atoms with Gasteiger partial charge in [0, 0.05) is 5.56 Å². The lowest BCUT2D eigenvalue weighted by Gasteiger charge is -2.02. The van der Waals surface area contributed by atoms with Crippen molar-refractivity contribution in [3.63, 3.8) is 0 Å². The van der Waals surface area contributed by atoms with Gasteiger partial charge in [-0.2, -0.15) is 0 Å². The molecule has 0 fully saturated rings. The van der Waals surface area contributed by atoms with Gasteiger partial charge in [0.05, 0.1) is 13.2 Å². The number of hydrogen-bond donors (Lipinski definition) is 1. The fourth-order valence-electron chi connectivity index (χ4n) is 1.20. The zero-order chi connectivity index (χ0) is 12.1. The molecule has 0 unspecified atom stereocenters. The zero-order valence-electron chi connectivity index (χ0n) is 9.58. The molecule has 0 aliphatic rings. The van der Waals surface area contributed by atoms with Gasteiger partial charge in [0.2, 0.25) is 5.76 Å². The average molecular weight is 224 g/mol. The van der Waals surface area contributed by atoms with Crippen molar-refractivity contribution in [1.82, 2.24) is 0 Å². The number of ether oxygens (including phenoxy) is 1. The van der Waals surface area contributed by atoms with E-state index in [9.17, 15) is 4.79 Å². The van der Waals surface area contributed by atoms with Crippen LogP contribution in [0, 0.1) is 6.92 Å². The molecule has 0 saturated carbocycles. The maximum atomic E-state index is 10.6. The van der Waals surface area contributed by atoms with E-state index in [1.54, 1.807) is 6.92 Å². The molecule has 0 atom stereocenters. The van der Waals surface area contributed by atoms with Crippen molar-refractivity contribution >= 4 is 5.97 Å². The standard InChI is InChI=1S/C12H16O4/c1-8(2)4-5-15-7-10-6-11(12(13)14)16-9(10)3/h6H,1,4-5,7H2,2-3H3,(H,13,14). The predicted octanol–water partition coefficient (Wildman–Crippen LogP) is 2.77. The third kappa shape index (κ3) is 3.55. The normalized spacial score (nSPS) is 10.4. The van der Waals surface area contributed by atoms with E-state index in [1.807, 2.05) is 6.92 Å². The molecular formula is C12H16O4. The molecule has 1 rings (SSSR count). The van der Waals surface area contributed by atoms with Gasteiger partial charge in [0.15, 0.2) is 0 Å². The number of aryl methyl sites for hydroxylation is 1. The first-order chi connectivity index (χ1) is 7.50. The quantitative estimate of drug-likeness (QED) is 0.596. The molecule has 0 aliphatic heterocycles. The van der Waals surface area contributed by atoms with Crippen LogP contribution in [0.15, 0.2) is 22.6 Å². The molecular weight excluding hydrogens is 208 g/mol. The van der Waals surface area contributed by atoms with E-state index >= 15 is 0 Å². The second kappa shape index (κ2) is 5.51. The first-order valence-corrected chi connectivity index (χ1v) is 5.05. The first-order valence-electron chi connectivity index (χ1n) is 5.05. The maximum Gasteiger partial charge on any atom is 0.371 e. The van der Waals surface area contributed by atoms with E-state index < -0.39 is 5.97 Å². The van der Waals surface area contributed by atoms with Crippen LogP contribution in [0.3, 0.4) is 0 Å². The summed E-state index contributed by atoms with van der Waals surface area (Å²) in [5.74, 6) is -0.514. The summed E-state index contributed by atoms with van der Waals surface area (Å²) in [6, 6.07) is 1.50. The summed E-state index contributed by atoms with van der Waals surface area (Å²) in [6.45, 7) is 8.39. The number of hydrogen-bond acceptors (Lipinski definition) is 3. The van der Waals surface area contributed by atoms with Gasteiger partial charge in [-0.1, -0.05) is 5.57 Å². The van der Waals surface area contributed by atoms with Gasteiger partial charge in [-0.25, -0.2) is 4.79 Å². The third-order valence-corrected chi connectivity index (χ3v) is 2.16. The smallest absolute Gasteiger partial charge is 0.371 e. The van der Waals surface area contributed by atoms with E-state index in [0.29, 0.717) is 19.0 Å². The molecule has 0 saturated heterocycles. The van der Waals surface area contributed by atoms with Crippen LogP contribution in [0.25, 0.3) is 0 Å². The van der Waals surface area contributed by atoms with Gasteiger partial charge in [-0.05, 0) is 26.3 Å². The van der Waals surface area contributed by atoms with Crippen LogP contribution in [-0.2, 0) is 11.3 Å². The summed E-state index contributed by atoms with van der Waals surface area (Å²) in [5, 5.41) is 8.72. The summed E-state index contributed by atoms with van der Waals surface area (Å²) >= 11 is 0. The molecule has 1 heterocycles. The van der Waals surface area contributed by atoms with Gasteiger partial charge in [0.25, 0.3) is 0 Å². The Morgan fingerprint density at radius 3 is 2.81 bits per heavy atom. The lowest BCUT2D eigenvalue weighted by molar-refractivity contribution is 0.0661. The Bertz CT molecular complexity index is 390. The van der Waals surface area contributed by atoms with Crippen molar-refractivity contribution < 1.29 is 19.1 Å². The van der Waals surface area contributed by atoms with Crippen molar-refractivity contribution in [3.05, 3.63) is 35.3 Å². The molecule has 0 radical (unpaired) electrons. The Labute approximate surface area is 94.5 Å². The van der Waals surface area contributed by atoms with E-state index in [1.165, 1.54) is 6.07 Å². The monoisotopic (exact) mass is 224 g/mol. The van der Waals surface area contributed by atoms with Crippen LogP contribution >= 0.6 is 0 Å². The highest BCUT2D eigenvalue weighted by atomic mass is 16.5. The van der Waals surface area contributed by atoms with Crippen molar-refractivity contribution in [3.8, 4) is 0 Å². The minimum absolute atomic E-state index is 0.0454. The minimum Gasteiger partial charge on any atom is -0.475 e. The van der Waals surface area contributed by atoms with Gasteiger partial charge in [0.1, 0.15) is 5.76 Å². The third-order valence-electron chi connectivity index (χ3n) is 2.16. The summed E-state index contributed by atoms with van der Waals surface area (Å²) in [4.78, 5) is 10.6. The summed E-state index contributed by atoms with van der Waals surface area (Å²) in [7, 11) is 0. The number of aromatic carboxylic acids is 1. The minimum atomic E-state index is -1.06. The van der Waals surface area contributed by atoms with Crippen molar-refractivity contribution in [1.29, 1.82) is 0 Å². The van der Waals surface area contributed by atoms with Crippen LogP contribution < -0.4 is 0 Å². The lowest BCUT2D eigenvalue weighted by Crippen LogP contribution is -1.96. The number of furan rings is 1. The van der Waals surface area contributed by atoms with Gasteiger partial charge >= 0.3 is 5.97 Å². The van der Waals surface area contributed by atoms with E-state index in [2.05, 4.69) is 6.58 Å². The van der Waals surface area contributed by atoms with E-state index in [4.69, 9.17) is 14.3 Å². The second-order valence-electron chi connectivity index (χ2n) is 3.76. The number of carboxylic acid groups (broad SMARTS) is 1. The Morgan fingerprint density at radius 1 is 1.62 bits per heavy atom. The maximum absolute atomic E-state index is 10.6.